The normalized spacial score (nSPS) is 21.7. The number of nitrogens with zero attached hydrogens (tertiary/aromatic N) is 2. The number of amides is 1. The summed E-state index contributed by atoms with van der Waals surface area (Å²) in [7, 11) is 0. The van der Waals surface area contributed by atoms with Crippen LogP contribution >= 0.6 is 0 Å². The van der Waals surface area contributed by atoms with Gasteiger partial charge in [-0.15, -0.1) is 0 Å². The molecular weight excluding hydrogens is 284 g/mol. The number of hydrogen-bond acceptors (Lipinski definition) is 4. The molecule has 1 saturated heterocycles. The van der Waals surface area contributed by atoms with Gasteiger partial charge in [-0.2, -0.15) is 0 Å². The van der Waals surface area contributed by atoms with Gasteiger partial charge in [0.2, 0.25) is 5.91 Å². The van der Waals surface area contributed by atoms with Gasteiger partial charge in [-0.1, -0.05) is 19.8 Å². The number of hydrogen-bond donors (Lipinski definition) is 1. The molecule has 0 spiro atoms. The molecule has 126 valence electrons. The summed E-state index contributed by atoms with van der Waals surface area (Å²) in [6.45, 7) is 5.50. The van der Waals surface area contributed by atoms with Crippen molar-refractivity contribution in [3.8, 4) is 0 Å². The second kappa shape index (κ2) is 7.92. The van der Waals surface area contributed by atoms with Gasteiger partial charge in [0, 0.05) is 31.6 Å². The molecule has 1 amide bonds. The smallest absolute Gasteiger partial charge is 0.323 e. The lowest BCUT2D eigenvalue weighted by atomic mass is 9.89. The second-order valence-corrected chi connectivity index (χ2v) is 6.42. The minimum absolute atomic E-state index is 0.0161. The van der Waals surface area contributed by atoms with Crippen LogP contribution in [0.5, 0.6) is 0 Å². The fraction of sp³-hybridized carbons (Fsp3) is 0.875. The molecule has 0 bridgehead atoms. The lowest BCUT2D eigenvalue weighted by Crippen LogP contribution is -2.54. The molecule has 1 aliphatic heterocycles. The van der Waals surface area contributed by atoms with Gasteiger partial charge in [0.1, 0.15) is 6.54 Å². The molecule has 22 heavy (non-hydrogen) atoms. The van der Waals surface area contributed by atoms with E-state index in [1.165, 1.54) is 4.90 Å². The van der Waals surface area contributed by atoms with Crippen LogP contribution in [-0.2, 0) is 14.3 Å². The van der Waals surface area contributed by atoms with Crippen LogP contribution in [0.1, 0.15) is 45.4 Å². The highest BCUT2D eigenvalue weighted by atomic mass is 16.5. The highest BCUT2D eigenvalue weighted by molar-refractivity contribution is 5.82. The molecule has 1 aliphatic carbocycles. The first-order chi connectivity index (χ1) is 10.6. The summed E-state index contributed by atoms with van der Waals surface area (Å²) in [4.78, 5) is 27.6. The van der Waals surface area contributed by atoms with E-state index in [9.17, 15) is 9.59 Å². The molecule has 0 aromatic rings. The molecule has 2 rings (SSSR count). The molecule has 0 aromatic carbocycles. The maximum Gasteiger partial charge on any atom is 0.323 e. The number of carboxylic acids is 1. The Hall–Kier alpha value is -1.14. The van der Waals surface area contributed by atoms with Gasteiger partial charge in [-0.25, -0.2) is 0 Å². The van der Waals surface area contributed by atoms with Crippen molar-refractivity contribution >= 4 is 11.9 Å². The van der Waals surface area contributed by atoms with Crippen LogP contribution in [-0.4, -0.2) is 71.7 Å². The third-order valence-electron chi connectivity index (χ3n) is 4.87. The molecule has 2 fully saturated rings. The summed E-state index contributed by atoms with van der Waals surface area (Å²) < 4.78 is 5.43. The number of carboxylic acid groups (broad SMARTS) is 1. The zero-order valence-electron chi connectivity index (χ0n) is 13.6. The minimum atomic E-state index is -0.936. The van der Waals surface area contributed by atoms with Crippen LogP contribution < -0.4 is 0 Å². The first-order valence-corrected chi connectivity index (χ1v) is 8.40. The van der Waals surface area contributed by atoms with Crippen molar-refractivity contribution in [2.75, 3.05) is 39.4 Å². The summed E-state index contributed by atoms with van der Waals surface area (Å²) in [6, 6.07) is 0. The molecule has 0 atom stereocenters. The fourth-order valence-corrected chi connectivity index (χ4v) is 3.79. The van der Waals surface area contributed by atoms with Crippen molar-refractivity contribution in [3.63, 3.8) is 0 Å². The van der Waals surface area contributed by atoms with E-state index < -0.39 is 5.97 Å². The van der Waals surface area contributed by atoms with Gasteiger partial charge in [0.15, 0.2) is 0 Å². The molecule has 2 aliphatic rings. The molecule has 1 heterocycles. The Morgan fingerprint density at radius 1 is 1.23 bits per heavy atom. The first kappa shape index (κ1) is 17.2. The molecule has 0 radical (unpaired) electrons. The Morgan fingerprint density at radius 3 is 2.41 bits per heavy atom. The zero-order valence-corrected chi connectivity index (χ0v) is 13.6. The van der Waals surface area contributed by atoms with E-state index in [4.69, 9.17) is 9.84 Å². The number of aliphatic carboxylic acids is 1. The van der Waals surface area contributed by atoms with Crippen molar-refractivity contribution in [1.29, 1.82) is 0 Å². The number of rotatable bonds is 7. The van der Waals surface area contributed by atoms with Crippen LogP contribution in [0.2, 0.25) is 0 Å². The van der Waals surface area contributed by atoms with E-state index in [0.29, 0.717) is 13.0 Å². The topological polar surface area (TPSA) is 70.1 Å². The number of carbonyl (C=O) groups is 2. The summed E-state index contributed by atoms with van der Waals surface area (Å²) in [5.41, 5.74) is -0.0780. The van der Waals surface area contributed by atoms with Crippen LogP contribution in [0.3, 0.4) is 0 Å². The summed E-state index contributed by atoms with van der Waals surface area (Å²) in [5, 5.41) is 9.01. The highest BCUT2D eigenvalue weighted by Crippen LogP contribution is 2.39. The van der Waals surface area contributed by atoms with Gasteiger partial charge in [0.05, 0.1) is 13.2 Å². The van der Waals surface area contributed by atoms with Gasteiger partial charge >= 0.3 is 5.97 Å². The Morgan fingerprint density at radius 2 is 1.86 bits per heavy atom. The monoisotopic (exact) mass is 312 g/mol. The van der Waals surface area contributed by atoms with E-state index in [1.807, 2.05) is 6.92 Å². The largest absolute Gasteiger partial charge is 0.480 e. The van der Waals surface area contributed by atoms with E-state index >= 15 is 0 Å². The minimum Gasteiger partial charge on any atom is -0.480 e. The van der Waals surface area contributed by atoms with Crippen LogP contribution in [0.15, 0.2) is 0 Å². The summed E-state index contributed by atoms with van der Waals surface area (Å²) in [5.74, 6) is -0.953. The van der Waals surface area contributed by atoms with Crippen molar-refractivity contribution in [3.05, 3.63) is 0 Å². The molecule has 0 unspecified atom stereocenters. The average molecular weight is 312 g/mol. The number of ether oxygens (including phenoxy) is 1. The Bertz CT molecular complexity index is 388. The van der Waals surface area contributed by atoms with Crippen molar-refractivity contribution in [1.82, 2.24) is 9.80 Å². The van der Waals surface area contributed by atoms with E-state index in [0.717, 1.165) is 58.4 Å². The van der Waals surface area contributed by atoms with E-state index in [2.05, 4.69) is 4.90 Å². The molecule has 0 aromatic heterocycles. The lowest BCUT2D eigenvalue weighted by Gasteiger charge is -2.43. The number of carbonyl (C=O) groups excluding carboxylic acids is 1. The van der Waals surface area contributed by atoms with Gasteiger partial charge in [-0.3, -0.25) is 14.5 Å². The Balaban J connectivity index is 2.05. The Kier molecular flexibility index (Phi) is 6.20. The van der Waals surface area contributed by atoms with Gasteiger partial charge in [-0.05, 0) is 19.3 Å². The maximum atomic E-state index is 12.7. The van der Waals surface area contributed by atoms with Crippen molar-refractivity contribution in [2.24, 2.45) is 0 Å². The third kappa shape index (κ3) is 4.20. The molecular formula is C16H28N2O4. The van der Waals surface area contributed by atoms with Gasteiger partial charge < -0.3 is 14.7 Å². The quantitative estimate of drug-likeness (QED) is 0.768. The maximum absolute atomic E-state index is 12.7. The van der Waals surface area contributed by atoms with Crippen LogP contribution in [0.25, 0.3) is 0 Å². The second-order valence-electron chi connectivity index (χ2n) is 6.42. The SMILES string of the molecule is CCCN(CC(=O)O)C(=O)CC1(N2CCOCC2)CCCC1. The standard InChI is InChI=1S/C16H28N2O4/c1-2-7-17(13-15(20)21)14(19)12-16(5-3-4-6-16)18-8-10-22-11-9-18/h2-13H2,1H3,(H,20,21). The molecule has 1 saturated carbocycles. The number of morpholine rings is 1. The predicted octanol–water partition coefficient (Wildman–Crippen LogP) is 1.34. The zero-order chi connectivity index (χ0) is 16.0. The fourth-order valence-electron chi connectivity index (χ4n) is 3.79. The third-order valence-corrected chi connectivity index (χ3v) is 4.87. The van der Waals surface area contributed by atoms with Crippen LogP contribution in [0, 0.1) is 0 Å². The van der Waals surface area contributed by atoms with Gasteiger partial charge in [0.25, 0.3) is 0 Å². The highest BCUT2D eigenvalue weighted by Gasteiger charge is 2.42. The lowest BCUT2D eigenvalue weighted by molar-refractivity contribution is -0.146. The summed E-state index contributed by atoms with van der Waals surface area (Å²) in [6.07, 6.45) is 5.59. The van der Waals surface area contributed by atoms with Crippen LogP contribution in [0.4, 0.5) is 0 Å². The van der Waals surface area contributed by atoms with Crippen molar-refractivity contribution in [2.45, 2.75) is 51.0 Å². The first-order valence-electron chi connectivity index (χ1n) is 8.40. The average Bonchev–Trinajstić information content (AvgIpc) is 2.97. The molecule has 6 heteroatoms. The molecule has 1 N–H and O–H groups in total. The van der Waals surface area contributed by atoms with E-state index in [-0.39, 0.29) is 18.0 Å². The van der Waals surface area contributed by atoms with E-state index in [1.54, 1.807) is 0 Å². The van der Waals surface area contributed by atoms with Crippen molar-refractivity contribution < 1.29 is 19.4 Å². The summed E-state index contributed by atoms with van der Waals surface area (Å²) >= 11 is 0. The molecule has 6 nitrogen and oxygen atoms in total. The Labute approximate surface area is 132 Å². The predicted molar refractivity (Wildman–Crippen MR) is 82.7 cm³/mol.